The van der Waals surface area contributed by atoms with E-state index in [0.717, 1.165) is 45.2 Å². The van der Waals surface area contributed by atoms with E-state index in [1.54, 1.807) is 0 Å². The Balaban J connectivity index is 1.67. The SMILES string of the molecule is CC(C)C1CCN(C(=O)NCC2CCC(C(=O)O)CC2)C1. The van der Waals surface area contributed by atoms with Crippen molar-refractivity contribution in [1.29, 1.82) is 0 Å². The highest BCUT2D eigenvalue weighted by molar-refractivity contribution is 5.74. The lowest BCUT2D eigenvalue weighted by atomic mass is 9.82. The number of hydrogen-bond acceptors (Lipinski definition) is 2. The summed E-state index contributed by atoms with van der Waals surface area (Å²) in [4.78, 5) is 25.0. The van der Waals surface area contributed by atoms with Crippen molar-refractivity contribution in [3.8, 4) is 0 Å². The topological polar surface area (TPSA) is 69.6 Å². The van der Waals surface area contributed by atoms with E-state index in [1.807, 2.05) is 4.90 Å². The second-order valence-electron chi connectivity index (χ2n) is 6.98. The molecule has 0 radical (unpaired) electrons. The number of carboxylic acids is 1. The first kappa shape index (κ1) is 16.1. The number of nitrogens with zero attached hydrogens (tertiary/aromatic N) is 1. The molecule has 1 aliphatic heterocycles. The summed E-state index contributed by atoms with van der Waals surface area (Å²) in [5.74, 6) is 0.848. The molecule has 1 saturated carbocycles. The van der Waals surface area contributed by atoms with Crippen molar-refractivity contribution in [1.82, 2.24) is 10.2 Å². The molecule has 21 heavy (non-hydrogen) atoms. The third kappa shape index (κ3) is 4.35. The Morgan fingerprint density at radius 3 is 2.38 bits per heavy atom. The van der Waals surface area contributed by atoms with Crippen molar-refractivity contribution >= 4 is 12.0 Å². The molecule has 0 aromatic carbocycles. The molecule has 1 atom stereocenters. The molecule has 2 fully saturated rings. The molecule has 2 rings (SSSR count). The van der Waals surface area contributed by atoms with Gasteiger partial charge in [-0.1, -0.05) is 13.8 Å². The van der Waals surface area contributed by atoms with E-state index in [2.05, 4.69) is 19.2 Å². The molecule has 120 valence electrons. The third-order valence-electron chi connectivity index (χ3n) is 5.19. The lowest BCUT2D eigenvalue weighted by Crippen LogP contribution is -2.41. The fourth-order valence-corrected chi connectivity index (χ4v) is 3.47. The molecule has 0 spiro atoms. The zero-order valence-electron chi connectivity index (χ0n) is 13.2. The minimum Gasteiger partial charge on any atom is -0.481 e. The van der Waals surface area contributed by atoms with Gasteiger partial charge in [0.05, 0.1) is 5.92 Å². The van der Waals surface area contributed by atoms with Gasteiger partial charge in [0, 0.05) is 19.6 Å². The molecule has 0 bridgehead atoms. The predicted molar refractivity (Wildman–Crippen MR) is 81.0 cm³/mol. The minimum atomic E-state index is -0.672. The zero-order chi connectivity index (χ0) is 15.4. The van der Waals surface area contributed by atoms with Crippen LogP contribution in [-0.4, -0.2) is 41.6 Å². The van der Waals surface area contributed by atoms with Crippen LogP contribution >= 0.6 is 0 Å². The second-order valence-corrected chi connectivity index (χ2v) is 6.98. The van der Waals surface area contributed by atoms with Gasteiger partial charge in [-0.05, 0) is 49.9 Å². The monoisotopic (exact) mass is 296 g/mol. The lowest BCUT2D eigenvalue weighted by Gasteiger charge is -2.27. The Hall–Kier alpha value is -1.26. The van der Waals surface area contributed by atoms with Crippen molar-refractivity contribution in [2.24, 2.45) is 23.7 Å². The van der Waals surface area contributed by atoms with E-state index in [0.29, 0.717) is 24.3 Å². The van der Waals surface area contributed by atoms with E-state index in [4.69, 9.17) is 5.11 Å². The fraction of sp³-hybridized carbons (Fsp3) is 0.875. The lowest BCUT2D eigenvalue weighted by molar-refractivity contribution is -0.143. The maximum atomic E-state index is 12.1. The summed E-state index contributed by atoms with van der Waals surface area (Å²) in [6.45, 7) is 6.85. The van der Waals surface area contributed by atoms with Gasteiger partial charge in [0.1, 0.15) is 0 Å². The van der Waals surface area contributed by atoms with Crippen molar-refractivity contribution < 1.29 is 14.7 Å². The molecular formula is C16H28N2O3. The zero-order valence-corrected chi connectivity index (χ0v) is 13.2. The molecule has 5 nitrogen and oxygen atoms in total. The number of carbonyl (C=O) groups excluding carboxylic acids is 1. The quantitative estimate of drug-likeness (QED) is 0.837. The molecule has 1 saturated heterocycles. The number of rotatable bonds is 4. The highest BCUT2D eigenvalue weighted by Crippen LogP contribution is 2.28. The normalized spacial score (nSPS) is 29.7. The third-order valence-corrected chi connectivity index (χ3v) is 5.19. The molecule has 2 amide bonds. The molecule has 1 heterocycles. The van der Waals surface area contributed by atoms with Crippen molar-refractivity contribution in [3.05, 3.63) is 0 Å². The highest BCUT2D eigenvalue weighted by atomic mass is 16.4. The van der Waals surface area contributed by atoms with Gasteiger partial charge in [-0.25, -0.2) is 4.79 Å². The van der Waals surface area contributed by atoms with E-state index in [-0.39, 0.29) is 11.9 Å². The van der Waals surface area contributed by atoms with E-state index < -0.39 is 5.97 Å². The van der Waals surface area contributed by atoms with Crippen molar-refractivity contribution in [3.63, 3.8) is 0 Å². The number of carbonyl (C=O) groups is 2. The number of likely N-dealkylation sites (tertiary alicyclic amines) is 1. The van der Waals surface area contributed by atoms with Gasteiger partial charge in [-0.3, -0.25) is 4.79 Å². The van der Waals surface area contributed by atoms with Gasteiger partial charge < -0.3 is 15.3 Å². The average Bonchev–Trinajstić information content (AvgIpc) is 2.95. The van der Waals surface area contributed by atoms with Gasteiger partial charge in [-0.2, -0.15) is 0 Å². The van der Waals surface area contributed by atoms with Gasteiger partial charge in [-0.15, -0.1) is 0 Å². The first-order valence-electron chi connectivity index (χ1n) is 8.23. The maximum Gasteiger partial charge on any atom is 0.317 e. The molecule has 1 aliphatic carbocycles. The summed E-state index contributed by atoms with van der Waals surface area (Å²) in [5.41, 5.74) is 0. The Kier molecular flexibility index (Phi) is 5.48. The molecule has 5 heteroatoms. The highest BCUT2D eigenvalue weighted by Gasteiger charge is 2.29. The molecule has 2 N–H and O–H groups in total. The molecule has 2 aliphatic rings. The number of carboxylic acid groups (broad SMARTS) is 1. The van der Waals surface area contributed by atoms with Gasteiger partial charge in [0.2, 0.25) is 0 Å². The van der Waals surface area contributed by atoms with Crippen LogP contribution in [0.5, 0.6) is 0 Å². The number of aliphatic carboxylic acids is 1. The van der Waals surface area contributed by atoms with Crippen LogP contribution in [0.3, 0.4) is 0 Å². The van der Waals surface area contributed by atoms with Crippen LogP contribution in [0.25, 0.3) is 0 Å². The second kappa shape index (κ2) is 7.14. The van der Waals surface area contributed by atoms with Crippen LogP contribution in [0.2, 0.25) is 0 Å². The number of nitrogens with one attached hydrogen (secondary N) is 1. The number of hydrogen-bond donors (Lipinski definition) is 2. The first-order chi connectivity index (χ1) is 9.97. The number of urea groups is 1. The molecule has 0 aromatic rings. The van der Waals surface area contributed by atoms with E-state index >= 15 is 0 Å². The summed E-state index contributed by atoms with van der Waals surface area (Å²) >= 11 is 0. The molecular weight excluding hydrogens is 268 g/mol. The van der Waals surface area contributed by atoms with Crippen LogP contribution in [0, 0.1) is 23.7 Å². The Bertz CT molecular complexity index is 376. The van der Waals surface area contributed by atoms with Gasteiger partial charge in [0.25, 0.3) is 0 Å². The van der Waals surface area contributed by atoms with Gasteiger partial charge in [0.15, 0.2) is 0 Å². The van der Waals surface area contributed by atoms with E-state index in [1.165, 1.54) is 0 Å². The smallest absolute Gasteiger partial charge is 0.317 e. The van der Waals surface area contributed by atoms with Crippen molar-refractivity contribution in [2.75, 3.05) is 19.6 Å². The molecule has 0 aromatic heterocycles. The Labute approximate surface area is 127 Å². The minimum absolute atomic E-state index is 0.0542. The predicted octanol–water partition coefficient (Wildman–Crippen LogP) is 2.56. The van der Waals surface area contributed by atoms with Crippen LogP contribution < -0.4 is 5.32 Å². The number of amides is 2. The first-order valence-corrected chi connectivity index (χ1v) is 8.23. The summed E-state index contributed by atoms with van der Waals surface area (Å²) < 4.78 is 0. The van der Waals surface area contributed by atoms with Crippen LogP contribution in [0.1, 0.15) is 46.0 Å². The Morgan fingerprint density at radius 2 is 1.86 bits per heavy atom. The van der Waals surface area contributed by atoms with E-state index in [9.17, 15) is 9.59 Å². The fourth-order valence-electron chi connectivity index (χ4n) is 3.47. The van der Waals surface area contributed by atoms with Crippen LogP contribution in [0.15, 0.2) is 0 Å². The van der Waals surface area contributed by atoms with Crippen LogP contribution in [-0.2, 0) is 4.79 Å². The largest absolute Gasteiger partial charge is 0.481 e. The average molecular weight is 296 g/mol. The standard InChI is InChI=1S/C16H28N2O3/c1-11(2)14-7-8-18(10-14)16(21)17-9-12-3-5-13(6-4-12)15(19)20/h11-14H,3-10H2,1-2H3,(H,17,21)(H,19,20). The van der Waals surface area contributed by atoms with Crippen LogP contribution in [0.4, 0.5) is 4.79 Å². The summed E-state index contributed by atoms with van der Waals surface area (Å²) in [5, 5.41) is 12.0. The maximum absolute atomic E-state index is 12.1. The van der Waals surface area contributed by atoms with Crippen molar-refractivity contribution in [2.45, 2.75) is 46.0 Å². The molecule has 1 unspecified atom stereocenters. The summed E-state index contributed by atoms with van der Waals surface area (Å²) in [7, 11) is 0. The summed E-state index contributed by atoms with van der Waals surface area (Å²) in [6, 6.07) is 0.0542. The summed E-state index contributed by atoms with van der Waals surface area (Å²) in [6.07, 6.45) is 4.41. The Morgan fingerprint density at radius 1 is 1.19 bits per heavy atom. The van der Waals surface area contributed by atoms with Gasteiger partial charge >= 0.3 is 12.0 Å².